The van der Waals surface area contributed by atoms with E-state index in [2.05, 4.69) is 25.3 Å². The molecule has 0 bridgehead atoms. The van der Waals surface area contributed by atoms with Crippen LogP contribution in [0.25, 0.3) is 22.0 Å². The third-order valence-corrected chi connectivity index (χ3v) is 8.96. The van der Waals surface area contributed by atoms with E-state index in [0.717, 1.165) is 31.5 Å². The van der Waals surface area contributed by atoms with Crippen molar-refractivity contribution in [1.82, 2.24) is 20.3 Å². The quantitative estimate of drug-likeness (QED) is 0.164. The number of piperidine rings is 1. The van der Waals surface area contributed by atoms with Gasteiger partial charge in [0, 0.05) is 40.8 Å². The summed E-state index contributed by atoms with van der Waals surface area (Å²) >= 11 is 6.18. The Morgan fingerprint density at radius 2 is 1.86 bits per heavy atom. The maximum atomic E-state index is 15.2. The Kier molecular flexibility index (Phi) is 8.60. The van der Waals surface area contributed by atoms with E-state index >= 15 is 4.39 Å². The minimum absolute atomic E-state index is 0.177. The van der Waals surface area contributed by atoms with Gasteiger partial charge in [0.05, 0.1) is 22.7 Å². The van der Waals surface area contributed by atoms with Crippen molar-refractivity contribution in [3.05, 3.63) is 101 Å². The standard InChI is InChI=1S/C32H30ClFN6O3S/c1-20-10-11-23-24(12-13-27(34)29(23)40-44(41,42)19-21-6-2-3-9-26(21)33)30(20)43-31-25(8-5-16-36-31)28-14-17-37-32(39-28)38-22-7-4-15-35-18-22/h2-3,5-6,8-14,16-17,22,35,40H,4,7,15,18-19H2,1H3,(H,37,38,39). The molecule has 1 fully saturated rings. The third kappa shape index (κ3) is 6.59. The lowest BCUT2D eigenvalue weighted by Crippen LogP contribution is -2.38. The van der Waals surface area contributed by atoms with Crippen molar-refractivity contribution in [2.24, 2.45) is 0 Å². The van der Waals surface area contributed by atoms with Crippen LogP contribution in [0.5, 0.6) is 11.6 Å². The fraction of sp³-hybridized carbons (Fsp3) is 0.219. The first-order valence-electron chi connectivity index (χ1n) is 14.2. The second-order valence-electron chi connectivity index (χ2n) is 10.6. The predicted octanol–water partition coefficient (Wildman–Crippen LogP) is 6.69. The van der Waals surface area contributed by atoms with E-state index < -0.39 is 21.6 Å². The normalized spacial score (nSPS) is 15.2. The van der Waals surface area contributed by atoms with Gasteiger partial charge in [-0.2, -0.15) is 0 Å². The van der Waals surface area contributed by atoms with E-state index in [4.69, 9.17) is 21.3 Å². The highest BCUT2D eigenvalue weighted by atomic mass is 35.5. The summed E-state index contributed by atoms with van der Waals surface area (Å²) in [5.74, 6) is 0.0772. The Hall–Kier alpha value is -4.32. The number of aromatic nitrogens is 3. The predicted molar refractivity (Wildman–Crippen MR) is 171 cm³/mol. The van der Waals surface area contributed by atoms with Crippen molar-refractivity contribution in [2.75, 3.05) is 23.1 Å². The SMILES string of the molecule is Cc1ccc2c(NS(=O)(=O)Cc3ccccc3Cl)c(F)ccc2c1Oc1ncccc1-c1ccnc(NC2CCCNC2)n1. The third-order valence-electron chi connectivity index (χ3n) is 7.39. The number of benzene rings is 3. The number of nitrogens with zero attached hydrogens (tertiary/aromatic N) is 3. The van der Waals surface area contributed by atoms with Crippen molar-refractivity contribution in [1.29, 1.82) is 0 Å². The van der Waals surface area contributed by atoms with Crippen LogP contribution in [-0.2, 0) is 15.8 Å². The smallest absolute Gasteiger partial charge is 0.237 e. The number of hydrogen-bond donors (Lipinski definition) is 3. The average Bonchev–Trinajstić information content (AvgIpc) is 3.02. The summed E-state index contributed by atoms with van der Waals surface area (Å²) in [6.07, 6.45) is 5.41. The molecule has 9 nitrogen and oxygen atoms in total. The molecule has 6 rings (SSSR count). The van der Waals surface area contributed by atoms with Crippen LogP contribution in [0.3, 0.4) is 0 Å². The molecule has 2 aromatic heterocycles. The van der Waals surface area contributed by atoms with Crippen LogP contribution >= 0.6 is 11.6 Å². The summed E-state index contributed by atoms with van der Waals surface area (Å²) in [5, 5.41) is 7.93. The van der Waals surface area contributed by atoms with Crippen LogP contribution in [-0.4, -0.2) is 42.5 Å². The van der Waals surface area contributed by atoms with Crippen molar-refractivity contribution in [3.8, 4) is 22.9 Å². The van der Waals surface area contributed by atoms with Crippen molar-refractivity contribution in [3.63, 3.8) is 0 Å². The molecule has 3 aromatic carbocycles. The van der Waals surface area contributed by atoms with Crippen LogP contribution in [0.2, 0.25) is 5.02 Å². The maximum absolute atomic E-state index is 15.2. The molecular formula is C32H30ClFN6O3S. The Bertz CT molecular complexity index is 1940. The van der Waals surface area contributed by atoms with E-state index in [0.29, 0.717) is 44.3 Å². The number of hydrogen-bond acceptors (Lipinski definition) is 8. The first-order valence-corrected chi connectivity index (χ1v) is 16.2. The lowest BCUT2D eigenvalue weighted by atomic mass is 10.0. The lowest BCUT2D eigenvalue weighted by Gasteiger charge is -2.23. The van der Waals surface area contributed by atoms with Crippen molar-refractivity contribution in [2.45, 2.75) is 31.6 Å². The van der Waals surface area contributed by atoms with Crippen LogP contribution in [0.15, 0.2) is 79.1 Å². The summed E-state index contributed by atoms with van der Waals surface area (Å²) in [5.41, 5.74) is 2.23. The molecule has 0 aliphatic carbocycles. The Balaban J connectivity index is 1.33. The molecule has 5 aromatic rings. The van der Waals surface area contributed by atoms with E-state index in [1.54, 1.807) is 67.0 Å². The minimum Gasteiger partial charge on any atom is -0.437 e. The molecule has 1 saturated heterocycles. The Morgan fingerprint density at radius 3 is 2.68 bits per heavy atom. The van der Waals surface area contributed by atoms with Crippen LogP contribution in [0.1, 0.15) is 24.0 Å². The fourth-order valence-electron chi connectivity index (χ4n) is 5.21. The van der Waals surface area contributed by atoms with Gasteiger partial charge in [-0.1, -0.05) is 41.9 Å². The van der Waals surface area contributed by atoms with Gasteiger partial charge >= 0.3 is 0 Å². The number of ether oxygens (including phenoxy) is 1. The zero-order valence-electron chi connectivity index (χ0n) is 23.8. The molecule has 226 valence electrons. The first kappa shape index (κ1) is 29.7. The second kappa shape index (κ2) is 12.7. The highest BCUT2D eigenvalue weighted by molar-refractivity contribution is 7.92. The molecule has 1 atom stereocenters. The summed E-state index contributed by atoms with van der Waals surface area (Å²) in [4.78, 5) is 13.6. The Labute approximate surface area is 259 Å². The summed E-state index contributed by atoms with van der Waals surface area (Å²) in [6, 6.07) is 18.5. The van der Waals surface area contributed by atoms with Gasteiger partial charge in [-0.05, 0) is 73.8 Å². The summed E-state index contributed by atoms with van der Waals surface area (Å²) in [7, 11) is -4.02. The number of fused-ring (bicyclic) bond motifs is 1. The van der Waals surface area contributed by atoms with Gasteiger partial charge in [-0.25, -0.2) is 27.8 Å². The van der Waals surface area contributed by atoms with Gasteiger partial charge in [-0.3, -0.25) is 4.72 Å². The maximum Gasteiger partial charge on any atom is 0.237 e. The number of sulfonamides is 1. The topological polar surface area (TPSA) is 118 Å². The van der Waals surface area contributed by atoms with Gasteiger partial charge in [0.2, 0.25) is 21.9 Å². The number of aryl methyl sites for hydroxylation is 1. The van der Waals surface area contributed by atoms with Gasteiger partial charge in [0.1, 0.15) is 11.6 Å². The number of halogens is 2. The molecule has 0 amide bonds. The molecule has 12 heteroatoms. The molecule has 1 aliphatic rings. The molecule has 0 radical (unpaired) electrons. The van der Waals surface area contributed by atoms with Crippen molar-refractivity contribution >= 4 is 44.0 Å². The van der Waals surface area contributed by atoms with E-state index in [9.17, 15) is 8.42 Å². The average molecular weight is 633 g/mol. The molecule has 3 heterocycles. The molecular weight excluding hydrogens is 603 g/mol. The number of nitrogens with one attached hydrogen (secondary N) is 3. The minimum atomic E-state index is -4.02. The highest BCUT2D eigenvalue weighted by Gasteiger charge is 2.21. The first-order chi connectivity index (χ1) is 21.3. The van der Waals surface area contributed by atoms with Crippen LogP contribution < -0.4 is 20.1 Å². The van der Waals surface area contributed by atoms with E-state index in [-0.39, 0.29) is 17.6 Å². The molecule has 3 N–H and O–H groups in total. The van der Waals surface area contributed by atoms with E-state index in [1.807, 2.05) is 13.0 Å². The second-order valence-corrected chi connectivity index (χ2v) is 12.7. The van der Waals surface area contributed by atoms with E-state index in [1.165, 1.54) is 6.07 Å². The number of anilines is 2. The Morgan fingerprint density at radius 1 is 1.02 bits per heavy atom. The molecule has 1 unspecified atom stereocenters. The van der Waals surface area contributed by atoms with Crippen molar-refractivity contribution < 1.29 is 17.5 Å². The molecule has 44 heavy (non-hydrogen) atoms. The van der Waals surface area contributed by atoms with Gasteiger partial charge in [0.25, 0.3) is 0 Å². The van der Waals surface area contributed by atoms with Crippen LogP contribution in [0, 0.1) is 12.7 Å². The highest BCUT2D eigenvalue weighted by Crippen LogP contribution is 2.40. The van der Waals surface area contributed by atoms with Gasteiger partial charge in [0.15, 0.2) is 0 Å². The monoisotopic (exact) mass is 632 g/mol. The fourth-order valence-corrected chi connectivity index (χ4v) is 6.74. The zero-order valence-corrected chi connectivity index (χ0v) is 25.4. The molecule has 1 aliphatic heterocycles. The summed E-state index contributed by atoms with van der Waals surface area (Å²) < 4.78 is 50.3. The molecule has 0 spiro atoms. The number of rotatable bonds is 9. The lowest BCUT2D eigenvalue weighted by molar-refractivity contribution is 0.466. The number of pyridine rings is 1. The van der Waals surface area contributed by atoms with Gasteiger partial charge in [-0.15, -0.1) is 0 Å². The zero-order chi connectivity index (χ0) is 30.7. The largest absolute Gasteiger partial charge is 0.437 e. The summed E-state index contributed by atoms with van der Waals surface area (Å²) in [6.45, 7) is 3.70. The van der Waals surface area contributed by atoms with Gasteiger partial charge < -0.3 is 15.4 Å². The van der Waals surface area contributed by atoms with Crippen LogP contribution in [0.4, 0.5) is 16.0 Å². The molecule has 0 saturated carbocycles.